The maximum Gasteiger partial charge on any atom is 0.325 e. The average Bonchev–Trinajstić information content (AvgIpc) is 2.35. The maximum absolute atomic E-state index is 12.4. The molecule has 1 aliphatic rings. The highest BCUT2D eigenvalue weighted by molar-refractivity contribution is 6.05. The Balaban J connectivity index is 2.47. The monoisotopic (exact) mass is 263 g/mol. The molecule has 0 atom stereocenters. The van der Waals surface area contributed by atoms with Gasteiger partial charge in [0, 0.05) is 0 Å². The van der Waals surface area contributed by atoms with E-state index in [1.807, 2.05) is 25.1 Å². The summed E-state index contributed by atoms with van der Waals surface area (Å²) in [5.41, 5.74) is 0.607. The third kappa shape index (κ3) is 2.41. The Bertz CT molecular complexity index is 536. The van der Waals surface area contributed by atoms with Crippen molar-refractivity contribution in [1.29, 1.82) is 0 Å². The van der Waals surface area contributed by atoms with Crippen LogP contribution in [-0.4, -0.2) is 31.1 Å². The number of methoxy groups -OCH3 is 1. The van der Waals surface area contributed by atoms with Gasteiger partial charge in [0.2, 0.25) is 0 Å². The summed E-state index contributed by atoms with van der Waals surface area (Å²) in [4.78, 5) is 25.3. The summed E-state index contributed by atoms with van der Waals surface area (Å²) < 4.78 is 10.3. The van der Waals surface area contributed by atoms with Crippen LogP contribution in [0.15, 0.2) is 18.2 Å². The Morgan fingerprint density at radius 3 is 2.74 bits per heavy atom. The molecule has 0 saturated heterocycles. The van der Waals surface area contributed by atoms with E-state index in [-0.39, 0.29) is 12.5 Å². The Hall–Kier alpha value is -2.04. The summed E-state index contributed by atoms with van der Waals surface area (Å²) in [6.45, 7) is 5.17. The molecule has 0 bridgehead atoms. The van der Waals surface area contributed by atoms with Gasteiger partial charge in [0.1, 0.15) is 12.3 Å². The van der Waals surface area contributed by atoms with Crippen LogP contribution < -0.4 is 9.64 Å². The molecule has 5 heteroatoms. The minimum atomic E-state index is -0.990. The van der Waals surface area contributed by atoms with E-state index in [0.717, 1.165) is 5.56 Å². The zero-order valence-electron chi connectivity index (χ0n) is 11.5. The van der Waals surface area contributed by atoms with Crippen molar-refractivity contribution in [3.05, 3.63) is 23.8 Å². The van der Waals surface area contributed by atoms with Gasteiger partial charge in [-0.1, -0.05) is 6.07 Å². The predicted molar refractivity (Wildman–Crippen MR) is 70.3 cm³/mol. The quantitative estimate of drug-likeness (QED) is 0.762. The summed E-state index contributed by atoms with van der Waals surface area (Å²) in [7, 11) is 1.30. The lowest BCUT2D eigenvalue weighted by Gasteiger charge is -2.38. The van der Waals surface area contributed by atoms with Crippen LogP contribution in [0.5, 0.6) is 5.75 Å². The Morgan fingerprint density at radius 2 is 2.11 bits per heavy atom. The van der Waals surface area contributed by atoms with E-state index in [4.69, 9.17) is 4.74 Å². The van der Waals surface area contributed by atoms with Crippen molar-refractivity contribution in [1.82, 2.24) is 0 Å². The Labute approximate surface area is 112 Å². The number of nitrogens with zero attached hydrogens (tertiary/aromatic N) is 1. The van der Waals surface area contributed by atoms with Crippen molar-refractivity contribution < 1.29 is 19.1 Å². The predicted octanol–water partition coefficient (Wildman–Crippen LogP) is 1.67. The molecule has 1 aliphatic heterocycles. The highest BCUT2D eigenvalue weighted by Crippen LogP contribution is 2.38. The molecule has 1 heterocycles. The molecule has 19 heavy (non-hydrogen) atoms. The minimum Gasteiger partial charge on any atom is -0.476 e. The molecular formula is C14H17NO4. The Morgan fingerprint density at radius 1 is 1.42 bits per heavy atom. The smallest absolute Gasteiger partial charge is 0.325 e. The third-order valence-corrected chi connectivity index (χ3v) is 3.05. The Kier molecular flexibility index (Phi) is 3.22. The second-order valence-corrected chi connectivity index (χ2v) is 5.05. The molecule has 2 rings (SSSR count). The van der Waals surface area contributed by atoms with Gasteiger partial charge in [-0.15, -0.1) is 0 Å². The highest BCUT2D eigenvalue weighted by Gasteiger charge is 2.41. The van der Waals surface area contributed by atoms with Crippen molar-refractivity contribution in [3.8, 4) is 5.75 Å². The molecule has 0 aromatic heterocycles. The molecule has 0 radical (unpaired) electrons. The first-order valence-electron chi connectivity index (χ1n) is 6.03. The molecule has 5 nitrogen and oxygen atoms in total. The number of hydrogen-bond acceptors (Lipinski definition) is 4. The standard InChI is InChI=1S/C14H17NO4/c1-9-5-6-11-10(7-9)15(8-12(16)18-4)13(17)14(2,3)19-11/h5-7H,8H2,1-4H3. The number of aryl methyl sites for hydroxylation is 1. The number of rotatable bonds is 2. The number of esters is 1. The number of benzene rings is 1. The fraction of sp³-hybridized carbons (Fsp3) is 0.429. The molecule has 0 fully saturated rings. The molecule has 0 unspecified atom stereocenters. The van der Waals surface area contributed by atoms with Crippen LogP contribution in [0.1, 0.15) is 19.4 Å². The van der Waals surface area contributed by atoms with Crippen LogP contribution in [-0.2, 0) is 14.3 Å². The van der Waals surface area contributed by atoms with Crippen LogP contribution in [0.25, 0.3) is 0 Å². The first kappa shape index (κ1) is 13.4. The molecule has 1 aromatic rings. The lowest BCUT2D eigenvalue weighted by Crippen LogP contribution is -2.54. The number of carbonyl (C=O) groups excluding carboxylic acids is 2. The van der Waals surface area contributed by atoms with E-state index in [1.54, 1.807) is 13.8 Å². The van der Waals surface area contributed by atoms with Crippen LogP contribution in [0, 0.1) is 6.92 Å². The molecule has 102 valence electrons. The van der Waals surface area contributed by atoms with E-state index in [9.17, 15) is 9.59 Å². The van der Waals surface area contributed by atoms with E-state index < -0.39 is 11.6 Å². The van der Waals surface area contributed by atoms with E-state index in [2.05, 4.69) is 4.74 Å². The van der Waals surface area contributed by atoms with Crippen LogP contribution in [0.3, 0.4) is 0 Å². The third-order valence-electron chi connectivity index (χ3n) is 3.05. The SMILES string of the molecule is COC(=O)CN1C(=O)C(C)(C)Oc2ccc(C)cc21. The first-order chi connectivity index (χ1) is 8.85. The number of carbonyl (C=O) groups is 2. The minimum absolute atomic E-state index is 0.113. The molecule has 0 spiro atoms. The van der Waals surface area contributed by atoms with Gasteiger partial charge < -0.3 is 9.47 Å². The number of ether oxygens (including phenoxy) is 2. The number of amides is 1. The van der Waals surface area contributed by atoms with Gasteiger partial charge in [-0.3, -0.25) is 14.5 Å². The largest absolute Gasteiger partial charge is 0.476 e. The van der Waals surface area contributed by atoms with Gasteiger partial charge in [-0.25, -0.2) is 0 Å². The second kappa shape index (κ2) is 4.57. The number of anilines is 1. The van der Waals surface area contributed by atoms with Crippen molar-refractivity contribution in [2.24, 2.45) is 0 Å². The van der Waals surface area contributed by atoms with Crippen molar-refractivity contribution in [3.63, 3.8) is 0 Å². The van der Waals surface area contributed by atoms with Gasteiger partial charge in [-0.2, -0.15) is 0 Å². The highest BCUT2D eigenvalue weighted by atomic mass is 16.5. The zero-order valence-corrected chi connectivity index (χ0v) is 11.5. The molecule has 0 N–H and O–H groups in total. The summed E-state index contributed by atoms with van der Waals surface area (Å²) in [6, 6.07) is 5.54. The summed E-state index contributed by atoms with van der Waals surface area (Å²) in [5.74, 6) is -0.117. The fourth-order valence-electron chi connectivity index (χ4n) is 2.03. The first-order valence-corrected chi connectivity index (χ1v) is 6.03. The number of hydrogen-bond donors (Lipinski definition) is 0. The molecule has 0 saturated carbocycles. The van der Waals surface area contributed by atoms with Gasteiger partial charge in [-0.05, 0) is 38.5 Å². The lowest BCUT2D eigenvalue weighted by atomic mass is 10.0. The molecule has 0 aliphatic carbocycles. The van der Waals surface area contributed by atoms with Gasteiger partial charge in [0.15, 0.2) is 5.60 Å². The molecular weight excluding hydrogens is 246 g/mol. The fourth-order valence-corrected chi connectivity index (χ4v) is 2.03. The molecule has 1 amide bonds. The zero-order chi connectivity index (χ0) is 14.2. The van der Waals surface area contributed by atoms with Crippen LogP contribution in [0.4, 0.5) is 5.69 Å². The van der Waals surface area contributed by atoms with Crippen molar-refractivity contribution in [2.75, 3.05) is 18.6 Å². The topological polar surface area (TPSA) is 55.8 Å². The lowest BCUT2D eigenvalue weighted by molar-refractivity contribution is -0.142. The maximum atomic E-state index is 12.4. The van der Waals surface area contributed by atoms with Crippen LogP contribution in [0.2, 0.25) is 0 Å². The van der Waals surface area contributed by atoms with Gasteiger partial charge in [0.05, 0.1) is 12.8 Å². The van der Waals surface area contributed by atoms with Gasteiger partial charge in [0.25, 0.3) is 5.91 Å². The second-order valence-electron chi connectivity index (χ2n) is 5.05. The number of fused-ring (bicyclic) bond motifs is 1. The average molecular weight is 263 g/mol. The van der Waals surface area contributed by atoms with Gasteiger partial charge >= 0.3 is 5.97 Å². The summed E-state index contributed by atoms with van der Waals surface area (Å²) >= 11 is 0. The van der Waals surface area contributed by atoms with E-state index >= 15 is 0 Å². The van der Waals surface area contributed by atoms with Crippen LogP contribution >= 0.6 is 0 Å². The summed E-state index contributed by atoms with van der Waals surface area (Å²) in [6.07, 6.45) is 0. The summed E-state index contributed by atoms with van der Waals surface area (Å²) in [5, 5.41) is 0. The normalized spacial score (nSPS) is 16.6. The van der Waals surface area contributed by atoms with Crippen molar-refractivity contribution in [2.45, 2.75) is 26.4 Å². The molecule has 1 aromatic carbocycles. The van der Waals surface area contributed by atoms with E-state index in [0.29, 0.717) is 11.4 Å². The van der Waals surface area contributed by atoms with Crippen molar-refractivity contribution >= 4 is 17.6 Å². The van der Waals surface area contributed by atoms with E-state index in [1.165, 1.54) is 12.0 Å².